The minimum atomic E-state index is 0.963. The molecule has 16 heavy (non-hydrogen) atoms. The number of rotatable bonds is 3. The van der Waals surface area contributed by atoms with Gasteiger partial charge in [-0.15, -0.1) is 0 Å². The van der Waals surface area contributed by atoms with Crippen LogP contribution in [0.4, 0.5) is 0 Å². The highest BCUT2D eigenvalue weighted by atomic mass is 79.9. The number of nitrogens with one attached hydrogen (secondary N) is 1. The Balaban J connectivity index is 2.00. The van der Waals surface area contributed by atoms with Crippen molar-refractivity contribution in [3.05, 3.63) is 40.9 Å². The number of benzene rings is 1. The summed E-state index contributed by atoms with van der Waals surface area (Å²) in [5.74, 6) is 0. The maximum absolute atomic E-state index is 4.19. The Kier molecular flexibility index (Phi) is 4.16. The van der Waals surface area contributed by atoms with Gasteiger partial charge < -0.3 is 5.32 Å². The van der Waals surface area contributed by atoms with Gasteiger partial charge in [0.25, 0.3) is 0 Å². The van der Waals surface area contributed by atoms with Crippen LogP contribution in [0.15, 0.2) is 35.3 Å². The largest absolute Gasteiger partial charge is 0.314 e. The maximum atomic E-state index is 4.19. The minimum absolute atomic E-state index is 0.963. The molecule has 1 aliphatic rings. The van der Waals surface area contributed by atoms with Crippen LogP contribution in [0.1, 0.15) is 5.56 Å². The first kappa shape index (κ1) is 11.8. The molecule has 1 aromatic carbocycles. The molecule has 1 aliphatic heterocycles. The van der Waals surface area contributed by atoms with Crippen molar-refractivity contribution < 1.29 is 0 Å². The van der Waals surface area contributed by atoms with Crippen molar-refractivity contribution >= 4 is 21.5 Å². The molecule has 0 atom stereocenters. The fraction of sp³-hybridized carbons (Fsp3) is 0.385. The van der Waals surface area contributed by atoms with Crippen LogP contribution in [0.2, 0.25) is 0 Å². The zero-order valence-corrected chi connectivity index (χ0v) is 11.0. The highest BCUT2D eigenvalue weighted by Crippen LogP contribution is 2.23. The zero-order chi connectivity index (χ0) is 11.4. The van der Waals surface area contributed by atoms with E-state index in [9.17, 15) is 0 Å². The van der Waals surface area contributed by atoms with Crippen LogP contribution in [0.3, 0.4) is 0 Å². The predicted molar refractivity (Wildman–Crippen MR) is 72.5 cm³/mol. The molecule has 2 nitrogen and oxygen atoms in total. The predicted octanol–water partition coefficient (Wildman–Crippen LogP) is 2.37. The van der Waals surface area contributed by atoms with Crippen molar-refractivity contribution in [3.63, 3.8) is 0 Å². The molecule has 0 aromatic heterocycles. The lowest BCUT2D eigenvalue weighted by molar-refractivity contribution is 0.268. The molecule has 3 heteroatoms. The Hall–Kier alpha value is -0.640. The SMILES string of the molecule is C=C(CN1CCNCC1)c1ccccc1Br. The molecular weight excluding hydrogens is 264 g/mol. The van der Waals surface area contributed by atoms with E-state index < -0.39 is 0 Å². The molecule has 0 bridgehead atoms. The van der Waals surface area contributed by atoms with Crippen molar-refractivity contribution in [2.45, 2.75) is 0 Å². The van der Waals surface area contributed by atoms with E-state index in [1.165, 1.54) is 11.1 Å². The van der Waals surface area contributed by atoms with Gasteiger partial charge >= 0.3 is 0 Å². The summed E-state index contributed by atoms with van der Waals surface area (Å²) in [6.45, 7) is 9.55. The number of hydrogen-bond donors (Lipinski definition) is 1. The summed E-state index contributed by atoms with van der Waals surface area (Å²) in [5, 5.41) is 3.36. The highest BCUT2D eigenvalue weighted by molar-refractivity contribution is 9.10. The quantitative estimate of drug-likeness (QED) is 0.915. The third-order valence-corrected chi connectivity index (χ3v) is 3.57. The molecule has 1 fully saturated rings. The van der Waals surface area contributed by atoms with Gasteiger partial charge in [0.1, 0.15) is 0 Å². The number of piperazine rings is 1. The molecule has 1 N–H and O–H groups in total. The minimum Gasteiger partial charge on any atom is -0.314 e. The monoisotopic (exact) mass is 280 g/mol. The maximum Gasteiger partial charge on any atom is 0.0250 e. The lowest BCUT2D eigenvalue weighted by Crippen LogP contribution is -2.43. The second kappa shape index (κ2) is 5.62. The van der Waals surface area contributed by atoms with Crippen molar-refractivity contribution in [2.75, 3.05) is 32.7 Å². The van der Waals surface area contributed by atoms with Crippen LogP contribution in [0.25, 0.3) is 5.57 Å². The summed E-state index contributed by atoms with van der Waals surface area (Å²) >= 11 is 3.57. The van der Waals surface area contributed by atoms with E-state index in [0.717, 1.165) is 37.2 Å². The van der Waals surface area contributed by atoms with Crippen LogP contribution in [0.5, 0.6) is 0 Å². The summed E-state index contributed by atoms with van der Waals surface area (Å²) < 4.78 is 1.13. The van der Waals surface area contributed by atoms with Gasteiger partial charge in [-0.3, -0.25) is 4.90 Å². The molecule has 2 rings (SSSR count). The highest BCUT2D eigenvalue weighted by Gasteiger charge is 2.12. The first-order valence-electron chi connectivity index (χ1n) is 5.63. The molecule has 1 heterocycles. The Bertz CT molecular complexity index is 370. The topological polar surface area (TPSA) is 15.3 Å². The van der Waals surface area contributed by atoms with Crippen molar-refractivity contribution in [1.29, 1.82) is 0 Å². The summed E-state index contributed by atoms with van der Waals surface area (Å²) in [6, 6.07) is 8.28. The zero-order valence-electron chi connectivity index (χ0n) is 9.38. The fourth-order valence-electron chi connectivity index (χ4n) is 1.97. The molecule has 86 valence electrons. The van der Waals surface area contributed by atoms with E-state index in [-0.39, 0.29) is 0 Å². The third kappa shape index (κ3) is 2.94. The van der Waals surface area contributed by atoms with Crippen LogP contribution in [-0.4, -0.2) is 37.6 Å². The Morgan fingerprint density at radius 2 is 2.00 bits per heavy atom. The lowest BCUT2D eigenvalue weighted by atomic mass is 10.1. The Morgan fingerprint density at radius 3 is 2.69 bits per heavy atom. The molecule has 0 radical (unpaired) electrons. The Morgan fingerprint density at radius 1 is 1.31 bits per heavy atom. The normalized spacial score (nSPS) is 17.3. The van der Waals surface area contributed by atoms with Gasteiger partial charge in [-0.05, 0) is 17.2 Å². The molecule has 0 aliphatic carbocycles. The number of halogens is 1. The molecule has 0 saturated carbocycles. The lowest BCUT2D eigenvalue weighted by Gasteiger charge is -2.28. The second-order valence-corrected chi connectivity index (χ2v) is 4.96. The smallest absolute Gasteiger partial charge is 0.0250 e. The van der Waals surface area contributed by atoms with E-state index in [1.807, 2.05) is 6.07 Å². The first-order chi connectivity index (χ1) is 7.77. The molecule has 1 aromatic rings. The number of hydrogen-bond acceptors (Lipinski definition) is 2. The molecule has 0 unspecified atom stereocenters. The van der Waals surface area contributed by atoms with Crippen LogP contribution < -0.4 is 5.32 Å². The molecule has 0 amide bonds. The summed E-state index contributed by atoms with van der Waals surface area (Å²) in [6.07, 6.45) is 0. The van der Waals surface area contributed by atoms with Gasteiger partial charge in [0.05, 0.1) is 0 Å². The van der Waals surface area contributed by atoms with Gasteiger partial charge in [0.15, 0.2) is 0 Å². The van der Waals surface area contributed by atoms with Gasteiger partial charge in [0.2, 0.25) is 0 Å². The van der Waals surface area contributed by atoms with Crippen LogP contribution >= 0.6 is 15.9 Å². The second-order valence-electron chi connectivity index (χ2n) is 4.11. The van der Waals surface area contributed by atoms with E-state index in [4.69, 9.17) is 0 Å². The van der Waals surface area contributed by atoms with E-state index in [0.29, 0.717) is 0 Å². The van der Waals surface area contributed by atoms with E-state index in [1.54, 1.807) is 0 Å². The average Bonchev–Trinajstić information content (AvgIpc) is 2.31. The fourth-order valence-corrected chi connectivity index (χ4v) is 2.54. The summed E-state index contributed by atoms with van der Waals surface area (Å²) in [5.41, 5.74) is 2.41. The van der Waals surface area contributed by atoms with Crippen molar-refractivity contribution in [2.24, 2.45) is 0 Å². The molecule has 1 saturated heterocycles. The van der Waals surface area contributed by atoms with Gasteiger partial charge in [-0.25, -0.2) is 0 Å². The van der Waals surface area contributed by atoms with E-state index in [2.05, 4.69) is 50.9 Å². The number of nitrogens with zero attached hydrogens (tertiary/aromatic N) is 1. The van der Waals surface area contributed by atoms with E-state index >= 15 is 0 Å². The first-order valence-corrected chi connectivity index (χ1v) is 6.42. The van der Waals surface area contributed by atoms with Gasteiger partial charge in [-0.1, -0.05) is 40.7 Å². The third-order valence-electron chi connectivity index (χ3n) is 2.88. The van der Waals surface area contributed by atoms with Gasteiger partial charge in [-0.2, -0.15) is 0 Å². The van der Waals surface area contributed by atoms with Crippen molar-refractivity contribution in [1.82, 2.24) is 10.2 Å². The van der Waals surface area contributed by atoms with Crippen LogP contribution in [0, 0.1) is 0 Å². The summed E-state index contributed by atoms with van der Waals surface area (Å²) in [7, 11) is 0. The Labute approximate surface area is 105 Å². The standard InChI is InChI=1S/C13H17BrN2/c1-11(10-16-8-6-15-7-9-16)12-4-2-3-5-13(12)14/h2-5,15H,1,6-10H2. The average molecular weight is 281 g/mol. The molecule has 0 spiro atoms. The van der Waals surface area contributed by atoms with Crippen LogP contribution in [-0.2, 0) is 0 Å². The van der Waals surface area contributed by atoms with Gasteiger partial charge in [0, 0.05) is 37.2 Å². The summed E-state index contributed by atoms with van der Waals surface area (Å²) in [4.78, 5) is 2.44. The van der Waals surface area contributed by atoms with Crippen molar-refractivity contribution in [3.8, 4) is 0 Å². The molecular formula is C13H17BrN2.